The Bertz CT molecular complexity index is 681. The van der Waals surface area contributed by atoms with Crippen molar-refractivity contribution in [3.05, 3.63) is 58.9 Å². The highest BCUT2D eigenvalue weighted by Crippen LogP contribution is 2.32. The van der Waals surface area contributed by atoms with E-state index in [9.17, 15) is 4.79 Å². The number of hydrogen-bond donors (Lipinski definition) is 1. The highest BCUT2D eigenvalue weighted by Gasteiger charge is 2.22. The van der Waals surface area contributed by atoms with Gasteiger partial charge in [-0.15, -0.1) is 0 Å². The Morgan fingerprint density at radius 3 is 2.54 bits per heavy atom. The molecule has 0 saturated heterocycles. The average molecular weight is 324 g/mol. The fraction of sp³-hybridized carbons (Fsp3) is 0.476. The minimum atomic E-state index is 0.0566. The van der Waals surface area contributed by atoms with Crippen molar-refractivity contribution >= 4 is 5.91 Å². The van der Waals surface area contributed by atoms with Gasteiger partial charge in [-0.25, -0.2) is 0 Å². The number of aromatic nitrogens is 1. The summed E-state index contributed by atoms with van der Waals surface area (Å²) >= 11 is 0. The van der Waals surface area contributed by atoms with E-state index in [0.29, 0.717) is 12.6 Å². The molecule has 1 heterocycles. The van der Waals surface area contributed by atoms with E-state index in [1.165, 1.54) is 43.4 Å². The van der Waals surface area contributed by atoms with Crippen LogP contribution in [0.3, 0.4) is 0 Å². The lowest BCUT2D eigenvalue weighted by Crippen LogP contribution is -2.26. The van der Waals surface area contributed by atoms with Crippen LogP contribution in [0, 0.1) is 13.8 Å². The molecule has 1 fully saturated rings. The van der Waals surface area contributed by atoms with E-state index in [-0.39, 0.29) is 5.91 Å². The maximum absolute atomic E-state index is 12.6. The summed E-state index contributed by atoms with van der Waals surface area (Å²) in [6.07, 6.45) is 7.31. The van der Waals surface area contributed by atoms with Crippen LogP contribution >= 0.6 is 0 Å². The monoisotopic (exact) mass is 324 g/mol. The summed E-state index contributed by atoms with van der Waals surface area (Å²) in [6.45, 7) is 4.89. The van der Waals surface area contributed by atoms with Gasteiger partial charge in [0.15, 0.2) is 0 Å². The van der Waals surface area contributed by atoms with Crippen molar-refractivity contribution in [3.8, 4) is 0 Å². The molecule has 3 nitrogen and oxygen atoms in total. The maximum atomic E-state index is 12.6. The Balaban J connectivity index is 1.64. The van der Waals surface area contributed by atoms with Crippen LogP contribution in [0.2, 0.25) is 0 Å². The van der Waals surface area contributed by atoms with Crippen molar-refractivity contribution in [2.24, 2.45) is 0 Å². The molecule has 1 aliphatic rings. The Morgan fingerprint density at radius 2 is 1.83 bits per heavy atom. The first-order valence-electron chi connectivity index (χ1n) is 9.17. The normalized spacial score (nSPS) is 15.4. The molecule has 0 radical (unpaired) electrons. The van der Waals surface area contributed by atoms with Gasteiger partial charge in [0.25, 0.3) is 5.91 Å². The van der Waals surface area contributed by atoms with Crippen LogP contribution < -0.4 is 5.32 Å². The van der Waals surface area contributed by atoms with Gasteiger partial charge in [0.05, 0.1) is 5.56 Å². The van der Waals surface area contributed by atoms with Gasteiger partial charge in [-0.2, -0.15) is 0 Å². The topological polar surface area (TPSA) is 34.0 Å². The zero-order chi connectivity index (χ0) is 16.9. The summed E-state index contributed by atoms with van der Waals surface area (Å²) in [7, 11) is 0. The van der Waals surface area contributed by atoms with E-state index in [1.807, 2.05) is 18.2 Å². The fourth-order valence-corrected chi connectivity index (χ4v) is 3.97. The van der Waals surface area contributed by atoms with Crippen molar-refractivity contribution in [2.75, 3.05) is 6.54 Å². The van der Waals surface area contributed by atoms with Crippen LogP contribution in [-0.2, 0) is 6.42 Å². The van der Waals surface area contributed by atoms with Gasteiger partial charge < -0.3 is 9.88 Å². The number of hydrogen-bond acceptors (Lipinski definition) is 1. The number of benzene rings is 1. The van der Waals surface area contributed by atoms with E-state index in [4.69, 9.17) is 0 Å². The average Bonchev–Trinajstić information content (AvgIpc) is 2.91. The van der Waals surface area contributed by atoms with Crippen LogP contribution in [0.1, 0.15) is 65.5 Å². The molecule has 2 aromatic rings. The predicted molar refractivity (Wildman–Crippen MR) is 98.5 cm³/mol. The molecule has 0 unspecified atom stereocenters. The first-order valence-corrected chi connectivity index (χ1v) is 9.17. The smallest absolute Gasteiger partial charge is 0.253 e. The second-order valence-corrected chi connectivity index (χ2v) is 6.94. The van der Waals surface area contributed by atoms with Gasteiger partial charge in [-0.3, -0.25) is 4.79 Å². The Morgan fingerprint density at radius 1 is 1.12 bits per heavy atom. The second kappa shape index (κ2) is 7.69. The fourth-order valence-electron chi connectivity index (χ4n) is 3.97. The lowest BCUT2D eigenvalue weighted by molar-refractivity contribution is 0.0953. The standard InChI is InChI=1S/C21H28N2O/c1-16-15-20(17(2)23(16)19-11-7-4-8-12-19)21(24)22-14-13-18-9-5-3-6-10-18/h3,5-6,9-10,15,19H,4,7-8,11-14H2,1-2H3,(H,22,24). The summed E-state index contributed by atoms with van der Waals surface area (Å²) in [6, 6.07) is 12.9. The molecule has 3 rings (SSSR count). The number of amides is 1. The molecule has 0 aliphatic heterocycles. The largest absolute Gasteiger partial charge is 0.352 e. The number of nitrogens with zero attached hydrogens (tertiary/aromatic N) is 1. The Hall–Kier alpha value is -2.03. The molecule has 1 amide bonds. The lowest BCUT2D eigenvalue weighted by Gasteiger charge is -2.26. The number of carbonyl (C=O) groups excluding carboxylic acids is 1. The molecule has 3 heteroatoms. The minimum absolute atomic E-state index is 0.0566. The van der Waals surface area contributed by atoms with Gasteiger partial charge >= 0.3 is 0 Å². The van der Waals surface area contributed by atoms with Crippen LogP contribution in [0.25, 0.3) is 0 Å². The molecule has 1 aromatic heterocycles. The van der Waals surface area contributed by atoms with Crippen LogP contribution in [-0.4, -0.2) is 17.0 Å². The summed E-state index contributed by atoms with van der Waals surface area (Å²) in [5.41, 5.74) is 4.43. The molecular formula is C21H28N2O. The third-order valence-electron chi connectivity index (χ3n) is 5.21. The molecule has 1 aliphatic carbocycles. The molecular weight excluding hydrogens is 296 g/mol. The quantitative estimate of drug-likeness (QED) is 0.858. The predicted octanol–water partition coefficient (Wildman–Crippen LogP) is 4.58. The van der Waals surface area contributed by atoms with Crippen LogP contribution in [0.4, 0.5) is 0 Å². The number of rotatable bonds is 5. The second-order valence-electron chi connectivity index (χ2n) is 6.94. The van der Waals surface area contributed by atoms with Crippen molar-refractivity contribution in [1.29, 1.82) is 0 Å². The highest BCUT2D eigenvalue weighted by atomic mass is 16.1. The van der Waals surface area contributed by atoms with Crippen molar-refractivity contribution in [3.63, 3.8) is 0 Å². The van der Waals surface area contributed by atoms with Crippen LogP contribution in [0.15, 0.2) is 36.4 Å². The molecule has 0 spiro atoms. The molecule has 24 heavy (non-hydrogen) atoms. The van der Waals surface area contributed by atoms with Gasteiger partial charge in [0.1, 0.15) is 0 Å². The number of aryl methyl sites for hydroxylation is 1. The number of carbonyl (C=O) groups is 1. The third-order valence-corrected chi connectivity index (χ3v) is 5.21. The molecule has 0 atom stereocenters. The van der Waals surface area contributed by atoms with Crippen molar-refractivity contribution in [2.45, 2.75) is 58.4 Å². The van der Waals surface area contributed by atoms with Crippen molar-refractivity contribution < 1.29 is 4.79 Å². The third kappa shape index (κ3) is 3.72. The van der Waals surface area contributed by atoms with Gasteiger partial charge in [-0.05, 0) is 44.7 Å². The van der Waals surface area contributed by atoms with E-state index in [2.05, 4.69) is 41.9 Å². The van der Waals surface area contributed by atoms with Gasteiger partial charge in [-0.1, -0.05) is 49.6 Å². The first kappa shape index (κ1) is 16.8. The van der Waals surface area contributed by atoms with Crippen molar-refractivity contribution in [1.82, 2.24) is 9.88 Å². The highest BCUT2D eigenvalue weighted by molar-refractivity contribution is 5.95. The van der Waals surface area contributed by atoms with Gasteiger partial charge in [0, 0.05) is 24.0 Å². The van der Waals surface area contributed by atoms with E-state index in [1.54, 1.807) is 0 Å². The summed E-state index contributed by atoms with van der Waals surface area (Å²) in [5, 5.41) is 3.08. The lowest BCUT2D eigenvalue weighted by atomic mass is 9.95. The molecule has 128 valence electrons. The van der Waals surface area contributed by atoms with Crippen LogP contribution in [0.5, 0.6) is 0 Å². The molecule has 1 saturated carbocycles. The Kier molecular flexibility index (Phi) is 5.39. The molecule has 1 N–H and O–H groups in total. The van der Waals surface area contributed by atoms with Gasteiger partial charge in [0.2, 0.25) is 0 Å². The molecule has 1 aromatic carbocycles. The SMILES string of the molecule is Cc1cc(C(=O)NCCc2ccccc2)c(C)n1C1CCCCC1. The summed E-state index contributed by atoms with van der Waals surface area (Å²) in [4.78, 5) is 12.6. The van der Waals surface area contributed by atoms with E-state index < -0.39 is 0 Å². The van der Waals surface area contributed by atoms with E-state index >= 15 is 0 Å². The molecule has 0 bridgehead atoms. The summed E-state index contributed by atoms with van der Waals surface area (Å²) < 4.78 is 2.39. The summed E-state index contributed by atoms with van der Waals surface area (Å²) in [5.74, 6) is 0.0566. The zero-order valence-electron chi connectivity index (χ0n) is 14.8. The minimum Gasteiger partial charge on any atom is -0.352 e. The Labute approximate surface area is 145 Å². The van der Waals surface area contributed by atoms with E-state index in [0.717, 1.165) is 17.7 Å². The first-order chi connectivity index (χ1) is 11.7. The maximum Gasteiger partial charge on any atom is 0.253 e. The number of nitrogens with one attached hydrogen (secondary N) is 1. The zero-order valence-corrected chi connectivity index (χ0v) is 14.8.